The Hall–Kier alpha value is -1.21. The van der Waals surface area contributed by atoms with Crippen LogP contribution in [0.2, 0.25) is 5.02 Å². The predicted octanol–water partition coefficient (Wildman–Crippen LogP) is 2.45. The quantitative estimate of drug-likeness (QED) is 0.662. The number of nitrogens with two attached hydrogens (primary N) is 1. The number of aliphatic hydroxyl groups is 1. The standard InChI is InChI=1S/C17H25ClN2O4.ClH/c1-3-17(4-2,10-19)16(22)20-9-13(21)11-7-12(18)15-14(8-11)23-5-6-24-15;/h7-8,13,21H,3-6,9-10,19H2,1-2H3,(H,20,22);1H. The van der Waals surface area contributed by atoms with E-state index in [0.29, 0.717) is 48.1 Å². The molecular weight excluding hydrogens is 367 g/mol. The third-order valence-corrected chi connectivity index (χ3v) is 4.97. The van der Waals surface area contributed by atoms with Crippen LogP contribution >= 0.6 is 24.0 Å². The third-order valence-electron chi connectivity index (χ3n) is 4.69. The topological polar surface area (TPSA) is 93.8 Å². The van der Waals surface area contributed by atoms with Crippen molar-refractivity contribution < 1.29 is 19.4 Å². The Bertz CT molecular complexity index is 586. The summed E-state index contributed by atoms with van der Waals surface area (Å²) in [5.74, 6) is 0.854. The highest BCUT2D eigenvalue weighted by molar-refractivity contribution is 6.32. The van der Waals surface area contributed by atoms with Crippen molar-refractivity contribution in [2.45, 2.75) is 32.8 Å². The number of carbonyl (C=O) groups excluding carboxylic acids is 1. The minimum absolute atomic E-state index is 0. The first kappa shape index (κ1) is 21.8. The van der Waals surface area contributed by atoms with Crippen LogP contribution in [0.3, 0.4) is 0 Å². The molecule has 0 fully saturated rings. The number of carbonyl (C=O) groups is 1. The second kappa shape index (κ2) is 9.48. The van der Waals surface area contributed by atoms with Crippen molar-refractivity contribution in [2.75, 3.05) is 26.3 Å². The van der Waals surface area contributed by atoms with E-state index in [1.165, 1.54) is 0 Å². The van der Waals surface area contributed by atoms with Gasteiger partial charge in [-0.05, 0) is 30.5 Å². The fourth-order valence-electron chi connectivity index (χ4n) is 2.77. The van der Waals surface area contributed by atoms with Crippen LogP contribution < -0.4 is 20.5 Å². The Kier molecular flexibility index (Phi) is 8.28. The van der Waals surface area contributed by atoms with Gasteiger partial charge in [0, 0.05) is 13.1 Å². The summed E-state index contributed by atoms with van der Waals surface area (Å²) in [6.45, 7) is 5.11. The second-order valence-corrected chi connectivity index (χ2v) is 6.35. The van der Waals surface area contributed by atoms with Gasteiger partial charge in [-0.2, -0.15) is 0 Å². The lowest BCUT2D eigenvalue weighted by Gasteiger charge is -2.29. The number of fused-ring (bicyclic) bond motifs is 1. The van der Waals surface area contributed by atoms with Gasteiger partial charge in [-0.3, -0.25) is 4.79 Å². The molecule has 0 saturated heterocycles. The number of amides is 1. The van der Waals surface area contributed by atoms with Crippen LogP contribution in [0.5, 0.6) is 11.5 Å². The molecule has 1 amide bonds. The average molecular weight is 393 g/mol. The molecule has 2 rings (SSSR count). The van der Waals surface area contributed by atoms with E-state index in [-0.39, 0.29) is 31.4 Å². The van der Waals surface area contributed by atoms with Crippen molar-refractivity contribution >= 4 is 29.9 Å². The SMILES string of the molecule is CCC(CC)(CN)C(=O)NCC(O)c1cc(Cl)c2c(c1)OCCO2.Cl. The normalized spacial score (nSPS) is 14.4. The van der Waals surface area contributed by atoms with Crippen molar-refractivity contribution in [1.82, 2.24) is 5.32 Å². The highest BCUT2D eigenvalue weighted by Gasteiger charge is 2.33. The van der Waals surface area contributed by atoms with E-state index in [9.17, 15) is 9.90 Å². The Morgan fingerprint density at radius 3 is 2.60 bits per heavy atom. The van der Waals surface area contributed by atoms with E-state index in [4.69, 9.17) is 26.8 Å². The molecule has 1 atom stereocenters. The lowest BCUT2D eigenvalue weighted by Crippen LogP contribution is -2.46. The van der Waals surface area contributed by atoms with Crippen LogP contribution in [-0.4, -0.2) is 37.3 Å². The van der Waals surface area contributed by atoms with Crippen LogP contribution in [-0.2, 0) is 4.79 Å². The minimum atomic E-state index is -0.897. The van der Waals surface area contributed by atoms with Gasteiger partial charge >= 0.3 is 0 Å². The number of ether oxygens (including phenoxy) is 2. The molecule has 1 aromatic carbocycles. The predicted molar refractivity (Wildman–Crippen MR) is 99.7 cm³/mol. The van der Waals surface area contributed by atoms with Crippen LogP contribution in [0.4, 0.5) is 0 Å². The van der Waals surface area contributed by atoms with Gasteiger partial charge in [-0.1, -0.05) is 25.4 Å². The zero-order chi connectivity index (χ0) is 17.7. The third kappa shape index (κ3) is 4.70. The molecule has 25 heavy (non-hydrogen) atoms. The second-order valence-electron chi connectivity index (χ2n) is 5.94. The van der Waals surface area contributed by atoms with Gasteiger partial charge in [0.1, 0.15) is 13.2 Å². The Morgan fingerprint density at radius 2 is 2.00 bits per heavy atom. The highest BCUT2D eigenvalue weighted by Crippen LogP contribution is 2.39. The average Bonchev–Trinajstić information content (AvgIpc) is 2.61. The van der Waals surface area contributed by atoms with Crippen molar-refractivity contribution in [2.24, 2.45) is 11.1 Å². The molecule has 8 heteroatoms. The van der Waals surface area contributed by atoms with E-state index in [0.717, 1.165) is 0 Å². The molecule has 1 unspecified atom stereocenters. The zero-order valence-electron chi connectivity index (χ0n) is 14.5. The van der Waals surface area contributed by atoms with E-state index >= 15 is 0 Å². The monoisotopic (exact) mass is 392 g/mol. The van der Waals surface area contributed by atoms with Crippen molar-refractivity contribution in [1.29, 1.82) is 0 Å². The van der Waals surface area contributed by atoms with Gasteiger partial charge in [-0.15, -0.1) is 12.4 Å². The first-order valence-electron chi connectivity index (χ1n) is 8.23. The van der Waals surface area contributed by atoms with Crippen LogP contribution in [0, 0.1) is 5.41 Å². The molecule has 0 bridgehead atoms. The van der Waals surface area contributed by atoms with E-state index < -0.39 is 11.5 Å². The number of rotatable bonds is 7. The Balaban J connectivity index is 0.00000312. The smallest absolute Gasteiger partial charge is 0.227 e. The van der Waals surface area contributed by atoms with Crippen molar-refractivity contribution in [3.05, 3.63) is 22.7 Å². The molecule has 4 N–H and O–H groups in total. The molecule has 6 nitrogen and oxygen atoms in total. The zero-order valence-corrected chi connectivity index (χ0v) is 16.1. The summed E-state index contributed by atoms with van der Waals surface area (Å²) in [6.07, 6.45) is 0.404. The van der Waals surface area contributed by atoms with Gasteiger partial charge in [0.2, 0.25) is 5.91 Å². The maximum absolute atomic E-state index is 12.4. The minimum Gasteiger partial charge on any atom is -0.486 e. The molecule has 0 spiro atoms. The Labute approximate surface area is 159 Å². The maximum atomic E-state index is 12.4. The first-order valence-corrected chi connectivity index (χ1v) is 8.60. The highest BCUT2D eigenvalue weighted by atomic mass is 35.5. The molecule has 0 aliphatic carbocycles. The number of halogens is 2. The van der Waals surface area contributed by atoms with E-state index in [1.54, 1.807) is 12.1 Å². The van der Waals surface area contributed by atoms with Gasteiger partial charge in [0.25, 0.3) is 0 Å². The summed E-state index contributed by atoms with van der Waals surface area (Å²) in [5, 5.41) is 13.5. The number of aliphatic hydroxyl groups excluding tert-OH is 1. The van der Waals surface area contributed by atoms with E-state index in [2.05, 4.69) is 5.32 Å². The lowest BCUT2D eigenvalue weighted by atomic mass is 9.81. The number of hydrogen-bond acceptors (Lipinski definition) is 5. The summed E-state index contributed by atoms with van der Waals surface area (Å²) in [7, 11) is 0. The molecule has 142 valence electrons. The fraction of sp³-hybridized carbons (Fsp3) is 0.588. The van der Waals surface area contributed by atoms with Gasteiger partial charge in [-0.25, -0.2) is 0 Å². The van der Waals surface area contributed by atoms with Crippen molar-refractivity contribution in [3.8, 4) is 11.5 Å². The van der Waals surface area contributed by atoms with Crippen LogP contribution in [0.25, 0.3) is 0 Å². The van der Waals surface area contributed by atoms with Gasteiger partial charge in [0.15, 0.2) is 11.5 Å². The maximum Gasteiger partial charge on any atom is 0.227 e. The van der Waals surface area contributed by atoms with Crippen LogP contribution in [0.15, 0.2) is 12.1 Å². The Morgan fingerprint density at radius 1 is 1.36 bits per heavy atom. The number of benzene rings is 1. The van der Waals surface area contributed by atoms with Crippen molar-refractivity contribution in [3.63, 3.8) is 0 Å². The van der Waals surface area contributed by atoms with Gasteiger partial charge in [0.05, 0.1) is 16.5 Å². The summed E-state index contributed by atoms with van der Waals surface area (Å²) in [4.78, 5) is 12.4. The molecule has 1 heterocycles. The molecule has 1 aliphatic rings. The molecule has 0 aromatic heterocycles. The molecule has 1 aromatic rings. The molecule has 1 aliphatic heterocycles. The largest absolute Gasteiger partial charge is 0.486 e. The first-order chi connectivity index (χ1) is 11.5. The summed E-state index contributed by atoms with van der Waals surface area (Å²) in [5.41, 5.74) is 5.74. The fourth-order valence-corrected chi connectivity index (χ4v) is 3.04. The van der Waals surface area contributed by atoms with Crippen LogP contribution in [0.1, 0.15) is 38.4 Å². The van der Waals surface area contributed by atoms with E-state index in [1.807, 2.05) is 13.8 Å². The lowest BCUT2D eigenvalue weighted by molar-refractivity contribution is -0.131. The number of hydrogen-bond donors (Lipinski definition) is 3. The molecule has 0 radical (unpaired) electrons. The summed E-state index contributed by atoms with van der Waals surface area (Å²) < 4.78 is 11.0. The number of nitrogens with one attached hydrogen (secondary N) is 1. The van der Waals surface area contributed by atoms with Gasteiger partial charge < -0.3 is 25.6 Å². The summed E-state index contributed by atoms with van der Waals surface area (Å²) >= 11 is 6.17. The molecule has 0 saturated carbocycles. The molecular formula is C17H26Cl2N2O4. The summed E-state index contributed by atoms with van der Waals surface area (Å²) in [6, 6.07) is 3.31.